The summed E-state index contributed by atoms with van der Waals surface area (Å²) >= 11 is 0. The summed E-state index contributed by atoms with van der Waals surface area (Å²) in [5, 5.41) is 11.2. The second-order valence-corrected chi connectivity index (χ2v) is 5.02. The molecule has 2 amide bonds. The molecule has 0 unspecified atom stereocenters. The van der Waals surface area contributed by atoms with Gasteiger partial charge < -0.3 is 20.1 Å². The fourth-order valence-electron chi connectivity index (χ4n) is 1.42. The topological polar surface area (TPSA) is 95.9 Å². The van der Waals surface area contributed by atoms with E-state index in [0.717, 1.165) is 0 Å². The van der Waals surface area contributed by atoms with E-state index in [1.54, 1.807) is 0 Å². The zero-order chi connectivity index (χ0) is 15.1. The molecule has 0 saturated carbocycles. The minimum atomic E-state index is -0.961. The number of nitrogens with one attached hydrogen (secondary N) is 1. The molecule has 0 aliphatic rings. The summed E-state index contributed by atoms with van der Waals surface area (Å²) in [5.41, 5.74) is -0.495. The molecule has 0 aromatic carbocycles. The molecular weight excluding hydrogens is 252 g/mol. The van der Waals surface area contributed by atoms with Crippen molar-refractivity contribution in [1.82, 2.24) is 10.2 Å². The van der Waals surface area contributed by atoms with Crippen molar-refractivity contribution in [2.75, 3.05) is 20.2 Å². The van der Waals surface area contributed by atoms with E-state index in [2.05, 4.69) is 10.1 Å². The quantitative estimate of drug-likeness (QED) is 0.699. The Bertz CT molecular complexity index is 336. The van der Waals surface area contributed by atoms with Gasteiger partial charge in [-0.05, 0) is 20.8 Å². The van der Waals surface area contributed by atoms with Crippen molar-refractivity contribution in [3.8, 4) is 0 Å². The van der Waals surface area contributed by atoms with Crippen molar-refractivity contribution >= 4 is 18.0 Å². The lowest BCUT2D eigenvalue weighted by Gasteiger charge is -2.35. The first-order chi connectivity index (χ1) is 8.68. The molecule has 110 valence electrons. The minimum absolute atomic E-state index is 0.0825. The lowest BCUT2D eigenvalue weighted by Crippen LogP contribution is -2.51. The third kappa shape index (κ3) is 7.28. The summed E-state index contributed by atoms with van der Waals surface area (Å²) in [6.07, 6.45) is -0.0408. The summed E-state index contributed by atoms with van der Waals surface area (Å²) in [7, 11) is 1.28. The van der Waals surface area contributed by atoms with Crippen molar-refractivity contribution in [2.45, 2.75) is 39.2 Å². The predicted octanol–water partition coefficient (Wildman–Crippen LogP) is 0.834. The number of carboxylic acid groups (broad SMARTS) is 1. The second kappa shape index (κ2) is 7.60. The average molecular weight is 274 g/mol. The summed E-state index contributed by atoms with van der Waals surface area (Å²) in [6.45, 7) is 5.71. The molecule has 0 rings (SSSR count). The van der Waals surface area contributed by atoms with Gasteiger partial charge in [-0.2, -0.15) is 0 Å². The van der Waals surface area contributed by atoms with E-state index in [9.17, 15) is 14.4 Å². The molecule has 0 aromatic rings. The third-order valence-electron chi connectivity index (χ3n) is 2.44. The van der Waals surface area contributed by atoms with Crippen LogP contribution in [0.4, 0.5) is 4.79 Å². The summed E-state index contributed by atoms with van der Waals surface area (Å²) in [6, 6.07) is -0.391. The van der Waals surface area contributed by atoms with Crippen LogP contribution >= 0.6 is 0 Å². The Morgan fingerprint density at radius 1 is 1.21 bits per heavy atom. The first-order valence-corrected chi connectivity index (χ1v) is 6.02. The van der Waals surface area contributed by atoms with Crippen LogP contribution in [0.3, 0.4) is 0 Å². The number of hydrogen-bond donors (Lipinski definition) is 2. The number of urea groups is 1. The van der Waals surface area contributed by atoms with Gasteiger partial charge in [-0.3, -0.25) is 9.59 Å². The van der Waals surface area contributed by atoms with Crippen LogP contribution in [0.25, 0.3) is 0 Å². The van der Waals surface area contributed by atoms with Crippen molar-refractivity contribution in [2.24, 2.45) is 0 Å². The highest BCUT2D eigenvalue weighted by Gasteiger charge is 2.26. The highest BCUT2D eigenvalue weighted by Crippen LogP contribution is 2.13. The molecule has 0 fully saturated rings. The Hall–Kier alpha value is -1.79. The van der Waals surface area contributed by atoms with Crippen LogP contribution in [-0.2, 0) is 14.3 Å². The fourth-order valence-corrected chi connectivity index (χ4v) is 1.42. The largest absolute Gasteiger partial charge is 0.481 e. The van der Waals surface area contributed by atoms with Gasteiger partial charge in [0.1, 0.15) is 0 Å². The van der Waals surface area contributed by atoms with E-state index in [-0.39, 0.29) is 25.9 Å². The van der Waals surface area contributed by atoms with Crippen molar-refractivity contribution in [1.29, 1.82) is 0 Å². The van der Waals surface area contributed by atoms with E-state index in [0.29, 0.717) is 0 Å². The average Bonchev–Trinajstić information content (AvgIpc) is 2.26. The van der Waals surface area contributed by atoms with E-state index in [1.165, 1.54) is 12.0 Å². The number of methoxy groups -OCH3 is 1. The molecule has 0 aliphatic carbocycles. The van der Waals surface area contributed by atoms with Gasteiger partial charge in [0, 0.05) is 18.6 Å². The van der Waals surface area contributed by atoms with Gasteiger partial charge in [0.15, 0.2) is 0 Å². The molecule has 19 heavy (non-hydrogen) atoms. The van der Waals surface area contributed by atoms with Crippen LogP contribution in [0.2, 0.25) is 0 Å². The van der Waals surface area contributed by atoms with Crippen LogP contribution in [0.5, 0.6) is 0 Å². The van der Waals surface area contributed by atoms with Crippen molar-refractivity contribution in [3.63, 3.8) is 0 Å². The summed E-state index contributed by atoms with van der Waals surface area (Å²) < 4.78 is 4.46. The molecule has 0 aliphatic heterocycles. The van der Waals surface area contributed by atoms with Gasteiger partial charge in [0.2, 0.25) is 0 Å². The molecule has 0 atom stereocenters. The fraction of sp³-hybridized carbons (Fsp3) is 0.750. The van der Waals surface area contributed by atoms with Gasteiger partial charge in [-0.1, -0.05) is 0 Å². The highest BCUT2D eigenvalue weighted by atomic mass is 16.5. The van der Waals surface area contributed by atoms with E-state index < -0.39 is 23.5 Å². The molecule has 0 aromatic heterocycles. The number of carbonyl (C=O) groups excluding carboxylic acids is 2. The molecular formula is C12H22N2O5. The van der Waals surface area contributed by atoms with Crippen LogP contribution in [0, 0.1) is 0 Å². The van der Waals surface area contributed by atoms with Gasteiger partial charge >= 0.3 is 18.0 Å². The Kier molecular flexibility index (Phi) is 6.89. The monoisotopic (exact) mass is 274 g/mol. The number of amides is 2. The minimum Gasteiger partial charge on any atom is -0.481 e. The summed E-state index contributed by atoms with van der Waals surface area (Å²) in [4.78, 5) is 34.9. The maximum atomic E-state index is 11.9. The number of hydrogen-bond acceptors (Lipinski definition) is 4. The number of carbonyl (C=O) groups is 3. The number of aliphatic carboxylic acids is 1. The van der Waals surface area contributed by atoms with Crippen LogP contribution in [-0.4, -0.2) is 53.7 Å². The molecule has 7 nitrogen and oxygen atoms in total. The molecule has 0 saturated heterocycles. The number of carboxylic acids is 1. The van der Waals surface area contributed by atoms with Crippen LogP contribution < -0.4 is 5.32 Å². The molecule has 0 radical (unpaired) electrons. The van der Waals surface area contributed by atoms with Crippen LogP contribution in [0.15, 0.2) is 0 Å². The normalized spacial score (nSPS) is 10.7. The molecule has 7 heteroatoms. The smallest absolute Gasteiger partial charge is 0.317 e. The lowest BCUT2D eigenvalue weighted by atomic mass is 10.1. The first kappa shape index (κ1) is 17.2. The van der Waals surface area contributed by atoms with Gasteiger partial charge in [0.25, 0.3) is 0 Å². The van der Waals surface area contributed by atoms with Crippen molar-refractivity contribution in [3.05, 3.63) is 0 Å². The number of ether oxygens (including phenoxy) is 1. The maximum Gasteiger partial charge on any atom is 0.317 e. The number of esters is 1. The second-order valence-electron chi connectivity index (χ2n) is 5.02. The zero-order valence-corrected chi connectivity index (χ0v) is 11.9. The third-order valence-corrected chi connectivity index (χ3v) is 2.44. The molecule has 0 heterocycles. The molecule has 2 N–H and O–H groups in total. The maximum absolute atomic E-state index is 11.9. The SMILES string of the molecule is COC(=O)CCNC(=O)N(CCC(=O)O)C(C)(C)C. The zero-order valence-electron chi connectivity index (χ0n) is 11.9. The highest BCUT2D eigenvalue weighted by molar-refractivity contribution is 5.77. The first-order valence-electron chi connectivity index (χ1n) is 6.02. The number of nitrogens with zero attached hydrogens (tertiary/aromatic N) is 1. The Labute approximate surface area is 112 Å². The van der Waals surface area contributed by atoms with Crippen LogP contribution in [0.1, 0.15) is 33.6 Å². The Balaban J connectivity index is 4.39. The van der Waals surface area contributed by atoms with E-state index in [4.69, 9.17) is 5.11 Å². The van der Waals surface area contributed by atoms with Gasteiger partial charge in [0.05, 0.1) is 20.0 Å². The van der Waals surface area contributed by atoms with Gasteiger partial charge in [-0.25, -0.2) is 4.79 Å². The molecule has 0 spiro atoms. The number of rotatable bonds is 6. The van der Waals surface area contributed by atoms with Gasteiger partial charge in [-0.15, -0.1) is 0 Å². The lowest BCUT2D eigenvalue weighted by molar-refractivity contribution is -0.140. The van der Waals surface area contributed by atoms with E-state index >= 15 is 0 Å². The molecule has 0 bridgehead atoms. The van der Waals surface area contributed by atoms with Crippen molar-refractivity contribution < 1.29 is 24.2 Å². The Morgan fingerprint density at radius 3 is 2.21 bits per heavy atom. The Morgan fingerprint density at radius 2 is 1.79 bits per heavy atom. The van der Waals surface area contributed by atoms with E-state index in [1.807, 2.05) is 20.8 Å². The predicted molar refractivity (Wildman–Crippen MR) is 68.7 cm³/mol. The standard InChI is InChI=1S/C12H22N2O5/c1-12(2,3)14(8-6-9(15)16)11(18)13-7-5-10(17)19-4/h5-8H2,1-4H3,(H,13,18)(H,15,16). The summed E-state index contributed by atoms with van der Waals surface area (Å²) in [5.74, 6) is -1.37.